The molecule has 0 aromatic heterocycles. The Balaban J connectivity index is 1.59. The van der Waals surface area contributed by atoms with Crippen molar-refractivity contribution < 1.29 is 26.4 Å². The van der Waals surface area contributed by atoms with Gasteiger partial charge in [-0.15, -0.1) is 0 Å². The molecule has 0 bridgehead atoms. The van der Waals surface area contributed by atoms with Crippen LogP contribution in [0.2, 0.25) is 0 Å². The fourth-order valence-corrected chi connectivity index (χ4v) is 7.08. The maximum atomic E-state index is 13.3. The molecule has 4 rings (SSSR count). The van der Waals surface area contributed by atoms with E-state index < -0.39 is 26.0 Å². The van der Waals surface area contributed by atoms with Crippen LogP contribution in [0.4, 0.5) is 11.4 Å². The topological polar surface area (TPSA) is 113 Å². The molecule has 0 radical (unpaired) electrons. The van der Waals surface area contributed by atoms with Crippen LogP contribution in [0, 0.1) is 0 Å². The van der Waals surface area contributed by atoms with Gasteiger partial charge in [-0.25, -0.2) is 16.8 Å². The number of anilines is 2. The SMILES string of the molecule is COc1ccc(NC(=O)c2cccc(S(=O)(=O)N(C)c3ccccc3)c2)cc1S(=O)(=O)N1CCCCC1. The van der Waals surface area contributed by atoms with Gasteiger partial charge in [-0.1, -0.05) is 30.7 Å². The van der Waals surface area contributed by atoms with Crippen LogP contribution >= 0.6 is 0 Å². The van der Waals surface area contributed by atoms with Crippen LogP contribution < -0.4 is 14.4 Å². The predicted molar refractivity (Wildman–Crippen MR) is 142 cm³/mol. The fraction of sp³-hybridized carbons (Fsp3) is 0.269. The summed E-state index contributed by atoms with van der Waals surface area (Å²) in [6, 6.07) is 18.7. The molecular weight excluding hydrogens is 514 g/mol. The largest absolute Gasteiger partial charge is 0.495 e. The van der Waals surface area contributed by atoms with Crippen molar-refractivity contribution in [1.29, 1.82) is 0 Å². The molecular formula is C26H29N3O6S2. The minimum atomic E-state index is -3.92. The summed E-state index contributed by atoms with van der Waals surface area (Å²) >= 11 is 0. The summed E-state index contributed by atoms with van der Waals surface area (Å²) in [6.45, 7) is 0.863. The molecule has 1 amide bonds. The second kappa shape index (κ2) is 10.9. The molecule has 0 atom stereocenters. The highest BCUT2D eigenvalue weighted by Crippen LogP contribution is 2.31. The van der Waals surface area contributed by atoms with Gasteiger partial charge in [-0.05, 0) is 61.4 Å². The molecule has 1 fully saturated rings. The summed E-state index contributed by atoms with van der Waals surface area (Å²) in [5.41, 5.74) is 0.841. The molecule has 9 nitrogen and oxygen atoms in total. The number of piperidine rings is 1. The molecule has 11 heteroatoms. The van der Waals surface area contributed by atoms with Crippen LogP contribution in [0.25, 0.3) is 0 Å². The normalized spacial score (nSPS) is 14.6. The highest BCUT2D eigenvalue weighted by atomic mass is 32.2. The highest BCUT2D eigenvalue weighted by Gasteiger charge is 2.29. The van der Waals surface area contributed by atoms with E-state index in [9.17, 15) is 21.6 Å². The molecule has 0 unspecified atom stereocenters. The van der Waals surface area contributed by atoms with E-state index in [1.54, 1.807) is 30.3 Å². The van der Waals surface area contributed by atoms with Gasteiger partial charge in [0, 0.05) is 31.4 Å². The number of para-hydroxylation sites is 1. The second-order valence-corrected chi connectivity index (χ2v) is 12.5. The number of sulfonamides is 2. The molecule has 3 aromatic rings. The number of hydrogen-bond donors (Lipinski definition) is 1. The molecule has 0 saturated carbocycles. The van der Waals surface area contributed by atoms with Crippen LogP contribution in [0.15, 0.2) is 82.6 Å². The third-order valence-electron chi connectivity index (χ3n) is 6.23. The zero-order valence-electron chi connectivity index (χ0n) is 20.6. The van der Waals surface area contributed by atoms with Crippen molar-refractivity contribution in [3.8, 4) is 5.75 Å². The number of carbonyl (C=O) groups is 1. The maximum absolute atomic E-state index is 13.3. The summed E-state index contributed by atoms with van der Waals surface area (Å²) in [4.78, 5) is 13.0. The van der Waals surface area contributed by atoms with E-state index in [4.69, 9.17) is 4.74 Å². The Kier molecular flexibility index (Phi) is 7.86. The van der Waals surface area contributed by atoms with Gasteiger partial charge in [0.2, 0.25) is 10.0 Å². The van der Waals surface area contributed by atoms with Gasteiger partial charge in [0.25, 0.3) is 15.9 Å². The standard InChI is InChI=1S/C26H29N3O6S2/c1-28(22-11-5-3-6-12-22)36(31,32)23-13-9-10-20(18-23)26(30)27-21-14-15-24(35-2)25(19-21)37(33,34)29-16-7-4-8-17-29/h3,5-6,9-15,18-19H,4,7-8,16-17H2,1-2H3,(H,27,30). The Labute approximate surface area is 217 Å². The van der Waals surface area contributed by atoms with Crippen molar-refractivity contribution in [1.82, 2.24) is 4.31 Å². The van der Waals surface area contributed by atoms with E-state index >= 15 is 0 Å². The van der Waals surface area contributed by atoms with Gasteiger partial charge >= 0.3 is 0 Å². The Hall–Kier alpha value is -3.41. The lowest BCUT2D eigenvalue weighted by atomic mass is 10.2. The first-order chi connectivity index (χ1) is 17.6. The third kappa shape index (κ3) is 5.63. The smallest absolute Gasteiger partial charge is 0.264 e. The Morgan fingerprint density at radius 3 is 2.27 bits per heavy atom. The van der Waals surface area contributed by atoms with Gasteiger partial charge in [-0.2, -0.15) is 4.31 Å². The van der Waals surface area contributed by atoms with Gasteiger partial charge in [0.05, 0.1) is 17.7 Å². The van der Waals surface area contributed by atoms with E-state index in [2.05, 4.69) is 5.32 Å². The van der Waals surface area contributed by atoms with Gasteiger partial charge in [-0.3, -0.25) is 9.10 Å². The molecule has 0 spiro atoms. The van der Waals surface area contributed by atoms with Gasteiger partial charge < -0.3 is 10.1 Å². The van der Waals surface area contributed by atoms with Crippen LogP contribution in [0.3, 0.4) is 0 Å². The minimum Gasteiger partial charge on any atom is -0.495 e. The molecule has 1 aliphatic heterocycles. The van der Waals surface area contributed by atoms with Crippen LogP contribution in [0.5, 0.6) is 5.75 Å². The Bertz CT molecular complexity index is 1490. The minimum absolute atomic E-state index is 0.0319. The van der Waals surface area contributed by atoms with E-state index in [1.807, 2.05) is 0 Å². The number of carbonyl (C=O) groups excluding carboxylic acids is 1. The molecule has 1 heterocycles. The fourth-order valence-electron chi connectivity index (χ4n) is 4.14. The number of methoxy groups -OCH3 is 1. The monoisotopic (exact) mass is 543 g/mol. The number of ether oxygens (including phenoxy) is 1. The van der Waals surface area contributed by atoms with E-state index in [1.165, 1.54) is 60.9 Å². The molecule has 196 valence electrons. The van der Waals surface area contributed by atoms with Crippen molar-refractivity contribution in [2.75, 3.05) is 36.9 Å². The second-order valence-electron chi connectivity index (χ2n) is 8.62. The number of nitrogens with one attached hydrogen (secondary N) is 1. The number of benzene rings is 3. The quantitative estimate of drug-likeness (QED) is 0.460. The lowest BCUT2D eigenvalue weighted by Gasteiger charge is -2.26. The summed E-state index contributed by atoms with van der Waals surface area (Å²) < 4.78 is 60.7. The van der Waals surface area contributed by atoms with Crippen molar-refractivity contribution in [3.05, 3.63) is 78.4 Å². The number of hydrogen-bond acceptors (Lipinski definition) is 6. The van der Waals surface area contributed by atoms with Crippen LogP contribution in [-0.2, 0) is 20.0 Å². The van der Waals surface area contributed by atoms with Crippen molar-refractivity contribution in [2.45, 2.75) is 29.1 Å². The number of rotatable bonds is 8. The van der Waals surface area contributed by atoms with E-state index in [0.29, 0.717) is 18.8 Å². The number of nitrogens with zero attached hydrogens (tertiary/aromatic N) is 2. The first-order valence-electron chi connectivity index (χ1n) is 11.8. The van der Waals surface area contributed by atoms with Gasteiger partial charge in [0.15, 0.2) is 0 Å². The van der Waals surface area contributed by atoms with Crippen molar-refractivity contribution in [3.63, 3.8) is 0 Å². The van der Waals surface area contributed by atoms with Crippen molar-refractivity contribution in [2.24, 2.45) is 0 Å². The lowest BCUT2D eigenvalue weighted by Crippen LogP contribution is -2.35. The van der Waals surface area contributed by atoms with Crippen LogP contribution in [-0.4, -0.2) is 54.3 Å². The molecule has 1 aliphatic rings. The summed E-state index contributed by atoms with van der Waals surface area (Å²) in [5.74, 6) is -0.397. The Morgan fingerprint density at radius 2 is 1.59 bits per heavy atom. The molecule has 1 saturated heterocycles. The first kappa shape index (κ1) is 26.6. The Morgan fingerprint density at radius 1 is 0.892 bits per heavy atom. The average molecular weight is 544 g/mol. The lowest BCUT2D eigenvalue weighted by molar-refractivity contribution is 0.102. The highest BCUT2D eigenvalue weighted by molar-refractivity contribution is 7.92. The average Bonchev–Trinajstić information content (AvgIpc) is 2.93. The zero-order chi connectivity index (χ0) is 26.6. The van der Waals surface area contributed by atoms with E-state index in [-0.39, 0.29) is 26.8 Å². The summed E-state index contributed by atoms with van der Waals surface area (Å²) in [5, 5.41) is 2.68. The number of amides is 1. The summed E-state index contributed by atoms with van der Waals surface area (Å²) in [6.07, 6.45) is 2.56. The molecule has 0 aliphatic carbocycles. The maximum Gasteiger partial charge on any atom is 0.264 e. The zero-order valence-corrected chi connectivity index (χ0v) is 22.3. The summed E-state index contributed by atoms with van der Waals surface area (Å²) in [7, 11) is -4.90. The molecule has 3 aromatic carbocycles. The van der Waals surface area contributed by atoms with Crippen molar-refractivity contribution >= 4 is 37.3 Å². The molecule has 1 N–H and O–H groups in total. The predicted octanol–water partition coefficient (Wildman–Crippen LogP) is 3.95. The van der Waals surface area contributed by atoms with Crippen LogP contribution in [0.1, 0.15) is 29.6 Å². The molecule has 37 heavy (non-hydrogen) atoms. The first-order valence-corrected chi connectivity index (χ1v) is 14.7. The van der Waals surface area contributed by atoms with Gasteiger partial charge in [0.1, 0.15) is 10.6 Å². The third-order valence-corrected chi connectivity index (χ3v) is 9.93. The van der Waals surface area contributed by atoms with E-state index in [0.717, 1.165) is 23.6 Å².